The SMILES string of the molecule is CCCCCCC/C=C\CCCCCCCC(=O)OC(COCCC(C(=O)O)[N+](C)(C)C)COC(=O)CCCCCCCCCC. The second-order valence-corrected chi connectivity index (χ2v) is 13.8. The zero-order chi connectivity index (χ0) is 34.3. The quantitative estimate of drug-likeness (QED) is 0.0326. The van der Waals surface area contributed by atoms with Crippen molar-refractivity contribution >= 4 is 17.9 Å². The summed E-state index contributed by atoms with van der Waals surface area (Å²) in [5.41, 5.74) is 0. The van der Waals surface area contributed by atoms with Crippen molar-refractivity contribution in [3.05, 3.63) is 12.2 Å². The maximum atomic E-state index is 12.6. The number of ether oxygens (including phenoxy) is 3. The summed E-state index contributed by atoms with van der Waals surface area (Å²) in [5, 5.41) is 9.56. The first kappa shape index (κ1) is 44.1. The smallest absolute Gasteiger partial charge is 0.362 e. The number of quaternary nitrogens is 1. The van der Waals surface area contributed by atoms with Crippen molar-refractivity contribution in [2.24, 2.45) is 0 Å². The van der Waals surface area contributed by atoms with E-state index in [1.807, 2.05) is 21.1 Å². The predicted molar refractivity (Wildman–Crippen MR) is 188 cm³/mol. The highest BCUT2D eigenvalue weighted by Gasteiger charge is 2.31. The van der Waals surface area contributed by atoms with Crippen LogP contribution in [0, 0.1) is 0 Å². The van der Waals surface area contributed by atoms with Gasteiger partial charge in [0.25, 0.3) is 0 Å². The Morgan fingerprint density at radius 3 is 1.57 bits per heavy atom. The number of carbonyl (C=O) groups excluding carboxylic acids is 2. The van der Waals surface area contributed by atoms with Crippen LogP contribution in [0.5, 0.6) is 0 Å². The van der Waals surface area contributed by atoms with Crippen LogP contribution in [0.4, 0.5) is 0 Å². The molecule has 0 aliphatic carbocycles. The van der Waals surface area contributed by atoms with Gasteiger partial charge in [-0.3, -0.25) is 9.59 Å². The lowest BCUT2D eigenvalue weighted by atomic mass is 10.1. The van der Waals surface area contributed by atoms with Crippen LogP contribution in [0.2, 0.25) is 0 Å². The average molecular weight is 655 g/mol. The molecule has 1 N–H and O–H groups in total. The molecule has 0 amide bonds. The Kier molecular flexibility index (Phi) is 29.1. The van der Waals surface area contributed by atoms with E-state index in [0.717, 1.165) is 51.4 Å². The summed E-state index contributed by atoms with van der Waals surface area (Å²) in [6.45, 7) is 4.68. The normalized spacial score (nSPS) is 13.2. The highest BCUT2D eigenvalue weighted by Crippen LogP contribution is 2.13. The van der Waals surface area contributed by atoms with E-state index in [1.165, 1.54) is 77.0 Å². The van der Waals surface area contributed by atoms with E-state index in [1.54, 1.807) is 0 Å². The first-order chi connectivity index (χ1) is 22.1. The summed E-state index contributed by atoms with van der Waals surface area (Å²) in [6.07, 6.45) is 28.2. The first-order valence-electron chi connectivity index (χ1n) is 18.7. The zero-order valence-corrected chi connectivity index (χ0v) is 30.5. The number of aliphatic carboxylic acids is 1. The average Bonchev–Trinajstić information content (AvgIpc) is 3.00. The van der Waals surface area contributed by atoms with Crippen LogP contribution in [-0.4, -0.2) is 80.6 Å². The van der Waals surface area contributed by atoms with Crippen LogP contribution in [0.1, 0.15) is 162 Å². The lowest BCUT2D eigenvalue weighted by Gasteiger charge is -2.31. The number of carboxylic acid groups (broad SMARTS) is 1. The standard InChI is InChI=1S/C38H71NO7/c1-6-8-10-12-14-16-17-18-19-20-21-23-25-27-29-37(41)46-34(32-44-31-30-35(38(42)43)39(3,4)5)33-45-36(40)28-26-24-22-15-13-11-9-7-2/h17-18,34-35H,6-16,19-33H2,1-5H3/p+1/b18-17-. The summed E-state index contributed by atoms with van der Waals surface area (Å²) in [7, 11) is 5.51. The summed E-state index contributed by atoms with van der Waals surface area (Å²) in [6, 6.07) is -0.609. The first-order valence-corrected chi connectivity index (χ1v) is 18.7. The zero-order valence-electron chi connectivity index (χ0n) is 30.5. The van der Waals surface area contributed by atoms with Crippen LogP contribution in [-0.2, 0) is 28.6 Å². The lowest BCUT2D eigenvalue weighted by Crippen LogP contribution is -2.50. The fourth-order valence-corrected chi connectivity index (χ4v) is 5.44. The number of nitrogens with zero attached hydrogens (tertiary/aromatic N) is 1. The molecule has 2 atom stereocenters. The van der Waals surface area contributed by atoms with Gasteiger partial charge in [0.05, 0.1) is 34.4 Å². The Morgan fingerprint density at radius 1 is 0.630 bits per heavy atom. The molecule has 0 aromatic rings. The van der Waals surface area contributed by atoms with Gasteiger partial charge in [0.15, 0.2) is 12.1 Å². The van der Waals surface area contributed by atoms with Gasteiger partial charge in [-0.2, -0.15) is 0 Å². The van der Waals surface area contributed by atoms with E-state index in [9.17, 15) is 19.5 Å². The second kappa shape index (κ2) is 30.4. The molecule has 0 aliphatic heterocycles. The second-order valence-electron chi connectivity index (χ2n) is 13.8. The molecule has 0 radical (unpaired) electrons. The fraction of sp³-hybridized carbons (Fsp3) is 0.868. The number of esters is 2. The molecule has 0 aromatic carbocycles. The van der Waals surface area contributed by atoms with Crippen molar-refractivity contribution in [2.45, 2.75) is 174 Å². The molecule has 8 nitrogen and oxygen atoms in total. The van der Waals surface area contributed by atoms with Crippen LogP contribution in [0.15, 0.2) is 12.2 Å². The van der Waals surface area contributed by atoms with Crippen molar-refractivity contribution in [3.63, 3.8) is 0 Å². The van der Waals surface area contributed by atoms with Gasteiger partial charge in [-0.05, 0) is 38.5 Å². The van der Waals surface area contributed by atoms with E-state index in [4.69, 9.17) is 14.2 Å². The minimum atomic E-state index is -0.876. The number of likely N-dealkylation sites (N-methyl/N-ethyl adjacent to an activating group) is 1. The number of allylic oxidation sites excluding steroid dienone is 2. The van der Waals surface area contributed by atoms with Gasteiger partial charge < -0.3 is 23.8 Å². The topological polar surface area (TPSA) is 99.1 Å². The molecular weight excluding hydrogens is 582 g/mol. The molecule has 0 saturated heterocycles. The number of hydrogen-bond acceptors (Lipinski definition) is 6. The fourth-order valence-electron chi connectivity index (χ4n) is 5.44. The Hall–Kier alpha value is -1.93. The highest BCUT2D eigenvalue weighted by atomic mass is 16.6. The van der Waals surface area contributed by atoms with Crippen LogP contribution >= 0.6 is 0 Å². The summed E-state index contributed by atoms with van der Waals surface area (Å²) in [5.74, 6) is -1.48. The minimum Gasteiger partial charge on any atom is -0.477 e. The lowest BCUT2D eigenvalue weighted by molar-refractivity contribution is -0.887. The molecule has 0 aliphatic rings. The van der Waals surface area contributed by atoms with Crippen molar-refractivity contribution in [1.82, 2.24) is 0 Å². The Morgan fingerprint density at radius 2 is 1.09 bits per heavy atom. The van der Waals surface area contributed by atoms with E-state index in [0.29, 0.717) is 19.3 Å². The molecule has 0 bridgehead atoms. The van der Waals surface area contributed by atoms with E-state index in [-0.39, 0.29) is 36.2 Å². The van der Waals surface area contributed by atoms with Gasteiger partial charge in [-0.25, -0.2) is 4.79 Å². The monoisotopic (exact) mass is 655 g/mol. The van der Waals surface area contributed by atoms with Crippen molar-refractivity contribution in [3.8, 4) is 0 Å². The van der Waals surface area contributed by atoms with Gasteiger partial charge in [0.2, 0.25) is 0 Å². The van der Waals surface area contributed by atoms with Gasteiger partial charge in [-0.15, -0.1) is 0 Å². The van der Waals surface area contributed by atoms with E-state index >= 15 is 0 Å². The molecule has 0 heterocycles. The Bertz CT molecular complexity index is 778. The van der Waals surface area contributed by atoms with Crippen LogP contribution < -0.4 is 0 Å². The molecule has 0 rings (SSSR count). The summed E-state index contributed by atoms with van der Waals surface area (Å²) >= 11 is 0. The van der Waals surface area contributed by atoms with E-state index < -0.39 is 18.1 Å². The molecule has 0 fully saturated rings. The molecule has 2 unspecified atom stereocenters. The summed E-state index contributed by atoms with van der Waals surface area (Å²) in [4.78, 5) is 36.6. The third kappa shape index (κ3) is 28.3. The number of carboxylic acids is 1. The predicted octanol–water partition coefficient (Wildman–Crippen LogP) is 9.19. The van der Waals surface area contributed by atoms with Gasteiger partial charge in [-0.1, -0.05) is 116 Å². The van der Waals surface area contributed by atoms with Gasteiger partial charge in [0, 0.05) is 19.3 Å². The van der Waals surface area contributed by atoms with Crippen LogP contribution in [0.25, 0.3) is 0 Å². The van der Waals surface area contributed by atoms with Crippen LogP contribution in [0.3, 0.4) is 0 Å². The minimum absolute atomic E-state index is 0.0501. The third-order valence-corrected chi connectivity index (χ3v) is 8.41. The molecular formula is C38H72NO7+. The third-order valence-electron chi connectivity index (χ3n) is 8.41. The Labute approximate surface area is 282 Å². The number of rotatable bonds is 33. The Balaban J connectivity index is 4.42. The van der Waals surface area contributed by atoms with E-state index in [2.05, 4.69) is 26.0 Å². The maximum absolute atomic E-state index is 12.6. The van der Waals surface area contributed by atoms with Crippen molar-refractivity contribution < 1.29 is 38.2 Å². The highest BCUT2D eigenvalue weighted by molar-refractivity contribution is 5.72. The molecule has 8 heteroatoms. The van der Waals surface area contributed by atoms with Gasteiger partial charge >= 0.3 is 17.9 Å². The molecule has 0 saturated carbocycles. The molecule has 46 heavy (non-hydrogen) atoms. The number of unbranched alkanes of at least 4 members (excludes halogenated alkanes) is 17. The molecule has 270 valence electrons. The van der Waals surface area contributed by atoms with Crippen molar-refractivity contribution in [2.75, 3.05) is 41.0 Å². The maximum Gasteiger partial charge on any atom is 0.362 e. The number of hydrogen-bond donors (Lipinski definition) is 1. The number of carbonyl (C=O) groups is 3. The van der Waals surface area contributed by atoms with Crippen molar-refractivity contribution in [1.29, 1.82) is 0 Å². The largest absolute Gasteiger partial charge is 0.477 e. The van der Waals surface area contributed by atoms with Gasteiger partial charge in [0.1, 0.15) is 6.61 Å². The molecule has 0 spiro atoms. The molecule has 0 aromatic heterocycles. The summed E-state index contributed by atoms with van der Waals surface area (Å²) < 4.78 is 17.1.